The normalized spacial score (nSPS) is 9.70. The van der Waals surface area contributed by atoms with E-state index in [-0.39, 0.29) is 12.5 Å². The summed E-state index contributed by atoms with van der Waals surface area (Å²) in [4.78, 5) is 13.1. The number of rotatable bonds is 3. The maximum absolute atomic E-state index is 12.1. The molecule has 1 amide bonds. The Labute approximate surface area is 126 Å². The monoisotopic (exact) mass is 305 g/mol. The number of amides is 1. The van der Waals surface area contributed by atoms with Gasteiger partial charge < -0.3 is 10.4 Å². The van der Waals surface area contributed by atoms with Crippen molar-refractivity contribution in [2.45, 2.75) is 6.54 Å². The van der Waals surface area contributed by atoms with Crippen LogP contribution in [0.5, 0.6) is 0 Å². The van der Waals surface area contributed by atoms with Crippen LogP contribution in [0.3, 0.4) is 0 Å². The fourth-order valence-corrected chi connectivity index (χ4v) is 2.66. The van der Waals surface area contributed by atoms with Crippen molar-refractivity contribution in [3.63, 3.8) is 0 Å². The Morgan fingerprint density at radius 2 is 2.10 bits per heavy atom. The third-order valence-corrected chi connectivity index (χ3v) is 3.76. The molecule has 2 rings (SSSR count). The van der Waals surface area contributed by atoms with Crippen molar-refractivity contribution in [2.24, 2.45) is 0 Å². The molecule has 0 radical (unpaired) electrons. The van der Waals surface area contributed by atoms with Gasteiger partial charge in [-0.1, -0.05) is 35.6 Å². The van der Waals surface area contributed by atoms with Gasteiger partial charge in [0.2, 0.25) is 0 Å². The first-order valence-corrected chi connectivity index (χ1v) is 7.11. The first kappa shape index (κ1) is 14.6. The zero-order chi connectivity index (χ0) is 14.4. The maximum Gasteiger partial charge on any atom is 0.252 e. The molecule has 1 aromatic heterocycles. The molecule has 1 heterocycles. The van der Waals surface area contributed by atoms with Crippen LogP contribution in [0.25, 0.3) is 0 Å². The minimum Gasteiger partial charge on any atom is -0.384 e. The maximum atomic E-state index is 12.1. The van der Waals surface area contributed by atoms with Gasteiger partial charge in [0.1, 0.15) is 6.61 Å². The van der Waals surface area contributed by atoms with Gasteiger partial charge in [0.15, 0.2) is 0 Å². The van der Waals surface area contributed by atoms with E-state index in [1.165, 1.54) is 11.3 Å². The molecule has 0 aliphatic rings. The van der Waals surface area contributed by atoms with Crippen LogP contribution in [-0.4, -0.2) is 17.6 Å². The molecule has 20 heavy (non-hydrogen) atoms. The summed E-state index contributed by atoms with van der Waals surface area (Å²) in [5.74, 6) is 5.12. The number of nitrogens with one attached hydrogen (secondary N) is 1. The second-order valence-corrected chi connectivity index (χ2v) is 5.69. The molecule has 0 atom stereocenters. The number of thiophene rings is 1. The lowest BCUT2D eigenvalue weighted by molar-refractivity contribution is 0.0951. The van der Waals surface area contributed by atoms with Gasteiger partial charge in [0, 0.05) is 10.4 Å². The Morgan fingerprint density at radius 3 is 2.80 bits per heavy atom. The second-order valence-electron chi connectivity index (χ2n) is 3.89. The van der Waals surface area contributed by atoms with Crippen LogP contribution < -0.4 is 5.32 Å². The highest BCUT2D eigenvalue weighted by Gasteiger charge is 2.09. The summed E-state index contributed by atoms with van der Waals surface area (Å²) in [6.45, 7) is 0.196. The summed E-state index contributed by atoms with van der Waals surface area (Å²) in [5, 5.41) is 11.6. The number of aliphatic hydroxyl groups is 1. The number of aliphatic hydroxyl groups excluding tert-OH is 1. The molecule has 0 fully saturated rings. The SMILES string of the molecule is O=C(NCc1ccc(Cl)s1)c1ccccc1C#CCO. The first-order chi connectivity index (χ1) is 9.70. The Kier molecular flexibility index (Phi) is 5.19. The molecular formula is C15H12ClNO2S. The molecule has 0 saturated heterocycles. The average molecular weight is 306 g/mol. The predicted octanol–water partition coefficient (Wildman–Crippen LogP) is 2.68. The summed E-state index contributed by atoms with van der Waals surface area (Å²) in [6.07, 6.45) is 0. The summed E-state index contributed by atoms with van der Waals surface area (Å²) in [5.41, 5.74) is 1.10. The number of carbonyl (C=O) groups is 1. The molecule has 0 bridgehead atoms. The van der Waals surface area contributed by atoms with Crippen molar-refractivity contribution in [3.8, 4) is 11.8 Å². The van der Waals surface area contributed by atoms with E-state index in [2.05, 4.69) is 17.2 Å². The van der Waals surface area contributed by atoms with Crippen molar-refractivity contribution >= 4 is 28.8 Å². The van der Waals surface area contributed by atoms with E-state index >= 15 is 0 Å². The van der Waals surface area contributed by atoms with Crippen molar-refractivity contribution < 1.29 is 9.90 Å². The van der Waals surface area contributed by atoms with Gasteiger partial charge in [-0.25, -0.2) is 0 Å². The van der Waals surface area contributed by atoms with Gasteiger partial charge >= 0.3 is 0 Å². The first-order valence-electron chi connectivity index (χ1n) is 5.92. The lowest BCUT2D eigenvalue weighted by atomic mass is 10.1. The van der Waals surface area contributed by atoms with Crippen LogP contribution in [0.2, 0.25) is 4.34 Å². The van der Waals surface area contributed by atoms with Gasteiger partial charge in [-0.15, -0.1) is 11.3 Å². The van der Waals surface area contributed by atoms with Crippen LogP contribution in [-0.2, 0) is 6.54 Å². The van der Waals surface area contributed by atoms with E-state index in [0.29, 0.717) is 22.0 Å². The summed E-state index contributed by atoms with van der Waals surface area (Å²) in [7, 11) is 0. The van der Waals surface area contributed by atoms with Gasteiger partial charge in [0.05, 0.1) is 16.4 Å². The molecule has 0 aliphatic carbocycles. The molecule has 0 unspecified atom stereocenters. The van der Waals surface area contributed by atoms with Gasteiger partial charge in [-0.05, 0) is 24.3 Å². The Morgan fingerprint density at radius 1 is 1.30 bits per heavy atom. The number of hydrogen-bond acceptors (Lipinski definition) is 3. The van der Waals surface area contributed by atoms with Crippen molar-refractivity contribution in [2.75, 3.05) is 6.61 Å². The van der Waals surface area contributed by atoms with Crippen molar-refractivity contribution in [3.05, 3.63) is 56.7 Å². The van der Waals surface area contributed by atoms with Crippen LogP contribution in [0.1, 0.15) is 20.8 Å². The topological polar surface area (TPSA) is 49.3 Å². The quantitative estimate of drug-likeness (QED) is 0.857. The predicted molar refractivity (Wildman–Crippen MR) is 80.9 cm³/mol. The van der Waals surface area contributed by atoms with E-state index < -0.39 is 0 Å². The van der Waals surface area contributed by atoms with Crippen molar-refractivity contribution in [1.29, 1.82) is 0 Å². The van der Waals surface area contributed by atoms with E-state index in [1.807, 2.05) is 6.07 Å². The molecule has 0 aliphatic heterocycles. The molecule has 3 nitrogen and oxygen atoms in total. The third-order valence-electron chi connectivity index (χ3n) is 2.53. The zero-order valence-corrected chi connectivity index (χ0v) is 12.1. The largest absolute Gasteiger partial charge is 0.384 e. The lowest BCUT2D eigenvalue weighted by Crippen LogP contribution is -2.23. The van der Waals surface area contributed by atoms with Crippen molar-refractivity contribution in [1.82, 2.24) is 5.32 Å². The summed E-state index contributed by atoms with van der Waals surface area (Å²) < 4.78 is 0.698. The number of carbonyl (C=O) groups excluding carboxylic acids is 1. The molecule has 2 aromatic rings. The Bertz CT molecular complexity index is 670. The van der Waals surface area contributed by atoms with Crippen LogP contribution in [0.15, 0.2) is 36.4 Å². The van der Waals surface area contributed by atoms with Crippen LogP contribution in [0.4, 0.5) is 0 Å². The molecular weight excluding hydrogens is 294 g/mol. The lowest BCUT2D eigenvalue weighted by Gasteiger charge is -2.05. The number of hydrogen-bond donors (Lipinski definition) is 2. The second kappa shape index (κ2) is 7.11. The van der Waals surface area contributed by atoms with Crippen LogP contribution in [0, 0.1) is 11.8 Å². The van der Waals surface area contributed by atoms with E-state index in [9.17, 15) is 4.79 Å². The Balaban J connectivity index is 2.09. The van der Waals surface area contributed by atoms with Gasteiger partial charge in [0.25, 0.3) is 5.91 Å². The highest BCUT2D eigenvalue weighted by Crippen LogP contribution is 2.21. The number of halogens is 1. The van der Waals surface area contributed by atoms with E-state index in [4.69, 9.17) is 16.7 Å². The molecule has 0 spiro atoms. The molecule has 1 aromatic carbocycles. The van der Waals surface area contributed by atoms with Gasteiger partial charge in [-0.3, -0.25) is 4.79 Å². The minimum atomic E-state index is -0.232. The van der Waals surface area contributed by atoms with Gasteiger partial charge in [-0.2, -0.15) is 0 Å². The minimum absolute atomic E-state index is 0.197. The van der Waals surface area contributed by atoms with Crippen LogP contribution >= 0.6 is 22.9 Å². The molecule has 102 valence electrons. The van der Waals surface area contributed by atoms with E-state index in [1.54, 1.807) is 30.3 Å². The fourth-order valence-electron chi connectivity index (χ4n) is 1.63. The molecule has 5 heteroatoms. The smallest absolute Gasteiger partial charge is 0.252 e. The number of benzene rings is 1. The highest BCUT2D eigenvalue weighted by molar-refractivity contribution is 7.16. The summed E-state index contributed by atoms with van der Waals surface area (Å²) >= 11 is 7.27. The summed E-state index contributed by atoms with van der Waals surface area (Å²) in [6, 6.07) is 10.7. The molecule has 0 saturated carbocycles. The zero-order valence-electron chi connectivity index (χ0n) is 10.5. The van der Waals surface area contributed by atoms with E-state index in [0.717, 1.165) is 4.88 Å². The standard InChI is InChI=1S/C15H12ClNO2S/c16-14-8-7-12(20-14)10-17-15(19)13-6-2-1-4-11(13)5-3-9-18/h1-2,4,6-8,18H,9-10H2,(H,17,19). The fraction of sp³-hybridized carbons (Fsp3) is 0.133. The molecule has 2 N–H and O–H groups in total. The Hall–Kier alpha value is -1.80. The highest BCUT2D eigenvalue weighted by atomic mass is 35.5. The average Bonchev–Trinajstić information content (AvgIpc) is 2.88. The third kappa shape index (κ3) is 3.84.